The lowest BCUT2D eigenvalue weighted by molar-refractivity contribution is 0.580. The number of hydrogen-bond donors (Lipinski definition) is 2. The van der Waals surface area contributed by atoms with Gasteiger partial charge in [0.2, 0.25) is 0 Å². The van der Waals surface area contributed by atoms with Gasteiger partial charge in [-0.1, -0.05) is 0 Å². The van der Waals surface area contributed by atoms with Gasteiger partial charge in [-0.25, -0.2) is 0 Å². The van der Waals surface area contributed by atoms with E-state index in [-0.39, 0.29) is 12.1 Å². The molecule has 2 heteroatoms. The van der Waals surface area contributed by atoms with Crippen LogP contribution in [0.2, 0.25) is 0 Å². The van der Waals surface area contributed by atoms with Crippen LogP contribution in [0.5, 0.6) is 0 Å². The van der Waals surface area contributed by atoms with Crippen molar-refractivity contribution in [3.05, 3.63) is 0 Å². The summed E-state index contributed by atoms with van der Waals surface area (Å²) >= 11 is 0. The summed E-state index contributed by atoms with van der Waals surface area (Å²) in [7, 11) is 0. The smallest absolute Gasteiger partial charge is 0.00251 e. The Balaban J connectivity index is 2.95. The third kappa shape index (κ3) is 5.92. The van der Waals surface area contributed by atoms with Crippen molar-refractivity contribution in [3.8, 4) is 0 Å². The van der Waals surface area contributed by atoms with Crippen LogP contribution in [0.3, 0.4) is 0 Å². The zero-order valence-electron chi connectivity index (χ0n) is 5.02. The van der Waals surface area contributed by atoms with Crippen molar-refractivity contribution in [2.24, 2.45) is 11.5 Å². The zero-order valence-corrected chi connectivity index (χ0v) is 5.02. The molecule has 0 rings (SSSR count). The maximum Gasteiger partial charge on any atom is 0.00251 e. The molecule has 0 aliphatic carbocycles. The minimum absolute atomic E-state index is 0.250. The van der Waals surface area contributed by atoms with Gasteiger partial charge in [-0.05, 0) is 20.3 Å². The predicted molar refractivity (Wildman–Crippen MR) is 31.9 cm³/mol. The van der Waals surface area contributed by atoms with Crippen molar-refractivity contribution < 1.29 is 0 Å². The fourth-order valence-electron chi connectivity index (χ4n) is 0.586. The van der Waals surface area contributed by atoms with E-state index in [0.29, 0.717) is 0 Å². The maximum atomic E-state index is 5.41. The lowest BCUT2D eigenvalue weighted by Gasteiger charge is -2.06. The fourth-order valence-corrected chi connectivity index (χ4v) is 0.586. The van der Waals surface area contributed by atoms with Gasteiger partial charge in [0.1, 0.15) is 0 Å². The van der Waals surface area contributed by atoms with Gasteiger partial charge in [0.15, 0.2) is 0 Å². The summed E-state index contributed by atoms with van der Waals surface area (Å²) < 4.78 is 0. The molecule has 0 aromatic heterocycles. The van der Waals surface area contributed by atoms with Crippen LogP contribution < -0.4 is 11.5 Å². The van der Waals surface area contributed by atoms with Crippen molar-refractivity contribution in [1.29, 1.82) is 0 Å². The molecule has 2 nitrogen and oxygen atoms in total. The van der Waals surface area contributed by atoms with Crippen LogP contribution in [0.15, 0.2) is 0 Å². The van der Waals surface area contributed by atoms with E-state index in [1.807, 2.05) is 13.8 Å². The average molecular weight is 102 g/mol. The van der Waals surface area contributed by atoms with Gasteiger partial charge >= 0.3 is 0 Å². The topological polar surface area (TPSA) is 52.0 Å². The molecule has 0 aliphatic heterocycles. The molecule has 0 spiro atoms. The highest BCUT2D eigenvalue weighted by atomic mass is 14.7. The predicted octanol–water partition coefficient (Wildman–Crippen LogP) is 0.0709. The highest BCUT2D eigenvalue weighted by molar-refractivity contribution is 4.60. The molecule has 0 amide bonds. The van der Waals surface area contributed by atoms with Crippen LogP contribution >= 0.6 is 0 Å². The first-order valence-corrected chi connectivity index (χ1v) is 2.64. The Morgan fingerprint density at radius 2 is 1.43 bits per heavy atom. The molecule has 0 radical (unpaired) electrons. The molecule has 0 aliphatic rings. The van der Waals surface area contributed by atoms with E-state index in [1.54, 1.807) is 0 Å². The Morgan fingerprint density at radius 1 is 1.14 bits per heavy atom. The van der Waals surface area contributed by atoms with Crippen LogP contribution in [0.25, 0.3) is 0 Å². The lowest BCUT2D eigenvalue weighted by atomic mass is 10.1. The SMILES string of the molecule is CC(N)C[C@@H](C)N. The summed E-state index contributed by atoms with van der Waals surface area (Å²) in [6.07, 6.45) is 0.917. The Morgan fingerprint density at radius 3 is 1.43 bits per heavy atom. The fraction of sp³-hybridized carbons (Fsp3) is 1.00. The molecule has 4 N–H and O–H groups in total. The van der Waals surface area contributed by atoms with Crippen LogP contribution in [-0.4, -0.2) is 12.1 Å². The molecular formula is C5H14N2. The normalized spacial score (nSPS) is 18.9. The average Bonchev–Trinajstić information content (AvgIpc) is 1.27. The van der Waals surface area contributed by atoms with Gasteiger partial charge in [0.25, 0.3) is 0 Å². The second-order valence-electron chi connectivity index (χ2n) is 2.19. The quantitative estimate of drug-likeness (QED) is 0.518. The molecule has 0 aromatic rings. The van der Waals surface area contributed by atoms with E-state index >= 15 is 0 Å². The zero-order chi connectivity index (χ0) is 5.86. The van der Waals surface area contributed by atoms with E-state index in [2.05, 4.69) is 0 Å². The third-order valence-corrected chi connectivity index (χ3v) is 0.744. The summed E-state index contributed by atoms with van der Waals surface area (Å²) in [4.78, 5) is 0. The molecule has 0 saturated carbocycles. The minimum atomic E-state index is 0.250. The van der Waals surface area contributed by atoms with Crippen LogP contribution in [0, 0.1) is 0 Å². The van der Waals surface area contributed by atoms with E-state index in [4.69, 9.17) is 11.5 Å². The standard InChI is InChI=1S/C5H14N2/c1-4(6)3-5(2)7/h4-5H,3,6-7H2,1-2H3/t4-,5?/m1/s1. The Kier molecular flexibility index (Phi) is 2.96. The van der Waals surface area contributed by atoms with E-state index in [0.717, 1.165) is 6.42 Å². The van der Waals surface area contributed by atoms with Gasteiger partial charge in [-0.3, -0.25) is 0 Å². The molecule has 2 atom stereocenters. The maximum absolute atomic E-state index is 5.41. The minimum Gasteiger partial charge on any atom is -0.328 e. The largest absolute Gasteiger partial charge is 0.328 e. The van der Waals surface area contributed by atoms with Crippen molar-refractivity contribution in [2.45, 2.75) is 32.4 Å². The lowest BCUT2D eigenvalue weighted by Crippen LogP contribution is -2.26. The molecule has 0 saturated heterocycles. The summed E-state index contributed by atoms with van der Waals surface area (Å²) in [6, 6.07) is 0.500. The van der Waals surface area contributed by atoms with Crippen molar-refractivity contribution in [2.75, 3.05) is 0 Å². The first-order chi connectivity index (χ1) is 3.13. The molecule has 0 fully saturated rings. The van der Waals surface area contributed by atoms with Crippen LogP contribution in [0.4, 0.5) is 0 Å². The first-order valence-electron chi connectivity index (χ1n) is 2.64. The van der Waals surface area contributed by atoms with Gasteiger partial charge in [-0.15, -0.1) is 0 Å². The van der Waals surface area contributed by atoms with Crippen LogP contribution in [-0.2, 0) is 0 Å². The molecule has 1 unspecified atom stereocenters. The number of rotatable bonds is 2. The molecule has 44 valence electrons. The molecule has 0 bridgehead atoms. The Bertz CT molecular complexity index is 35.3. The molecule has 7 heavy (non-hydrogen) atoms. The molecule has 0 aromatic carbocycles. The van der Waals surface area contributed by atoms with Crippen molar-refractivity contribution in [3.63, 3.8) is 0 Å². The van der Waals surface area contributed by atoms with E-state index in [9.17, 15) is 0 Å². The monoisotopic (exact) mass is 102 g/mol. The highest BCUT2D eigenvalue weighted by Crippen LogP contribution is 1.88. The highest BCUT2D eigenvalue weighted by Gasteiger charge is 1.96. The van der Waals surface area contributed by atoms with Gasteiger partial charge in [0.05, 0.1) is 0 Å². The summed E-state index contributed by atoms with van der Waals surface area (Å²) in [5.74, 6) is 0. The Hall–Kier alpha value is -0.0800. The Labute approximate surface area is 44.9 Å². The van der Waals surface area contributed by atoms with Crippen molar-refractivity contribution >= 4 is 0 Å². The molecular weight excluding hydrogens is 88.1 g/mol. The van der Waals surface area contributed by atoms with Gasteiger partial charge in [0, 0.05) is 12.1 Å². The summed E-state index contributed by atoms with van der Waals surface area (Å²) in [5, 5.41) is 0. The van der Waals surface area contributed by atoms with Gasteiger partial charge < -0.3 is 11.5 Å². The van der Waals surface area contributed by atoms with E-state index in [1.165, 1.54) is 0 Å². The second kappa shape index (κ2) is 2.99. The van der Waals surface area contributed by atoms with Gasteiger partial charge in [-0.2, -0.15) is 0 Å². The summed E-state index contributed by atoms with van der Waals surface area (Å²) in [6.45, 7) is 3.92. The van der Waals surface area contributed by atoms with Crippen molar-refractivity contribution in [1.82, 2.24) is 0 Å². The second-order valence-corrected chi connectivity index (χ2v) is 2.19. The number of nitrogens with two attached hydrogens (primary N) is 2. The van der Waals surface area contributed by atoms with E-state index < -0.39 is 0 Å². The number of hydrogen-bond acceptors (Lipinski definition) is 2. The first kappa shape index (κ1) is 6.92. The third-order valence-electron chi connectivity index (χ3n) is 0.744. The summed E-state index contributed by atoms with van der Waals surface area (Å²) in [5.41, 5.74) is 10.8. The van der Waals surface area contributed by atoms with Crippen LogP contribution in [0.1, 0.15) is 20.3 Å². The molecule has 0 heterocycles.